The number of hydrazone groups is 1. The van der Waals surface area contributed by atoms with Crippen molar-refractivity contribution in [3.63, 3.8) is 0 Å². The number of halogens is 1. The Kier molecular flexibility index (Phi) is 6.35. The van der Waals surface area contributed by atoms with Crippen LogP contribution in [0.3, 0.4) is 0 Å². The number of nitrogens with one attached hydrogen (secondary N) is 2. The molecule has 1 aromatic carbocycles. The lowest BCUT2D eigenvalue weighted by atomic mass is 10.2. The second kappa shape index (κ2) is 8.26. The fourth-order valence-electron chi connectivity index (χ4n) is 2.27. The molecule has 0 atom stereocenters. The Morgan fingerprint density at radius 2 is 2.04 bits per heavy atom. The van der Waals surface area contributed by atoms with Crippen LogP contribution in [0.15, 0.2) is 48.1 Å². The Bertz CT molecular complexity index is 732. The maximum absolute atomic E-state index is 5.10. The molecule has 1 aromatic heterocycles. The lowest BCUT2D eigenvalue weighted by Gasteiger charge is -2.09. The highest BCUT2D eigenvalue weighted by Crippen LogP contribution is 2.20. The number of rotatable bonds is 5. The van der Waals surface area contributed by atoms with Crippen molar-refractivity contribution >= 4 is 46.1 Å². The van der Waals surface area contributed by atoms with Crippen molar-refractivity contribution in [1.29, 1.82) is 0 Å². The monoisotopic (exact) mass is 438 g/mol. The third kappa shape index (κ3) is 4.65. The Balaban J connectivity index is 2.16. The molecule has 0 saturated carbocycles. The van der Waals surface area contributed by atoms with Gasteiger partial charge in [0, 0.05) is 32.8 Å². The van der Waals surface area contributed by atoms with Gasteiger partial charge in [-0.2, -0.15) is 5.10 Å². The van der Waals surface area contributed by atoms with E-state index in [9.17, 15) is 0 Å². The van der Waals surface area contributed by atoms with E-state index in [1.165, 1.54) is 3.57 Å². The quantitative estimate of drug-likeness (QED) is 0.246. The summed E-state index contributed by atoms with van der Waals surface area (Å²) in [6, 6.07) is 10.6. The Morgan fingerprint density at radius 1 is 1.35 bits per heavy atom. The van der Waals surface area contributed by atoms with Gasteiger partial charge in [-0.3, -0.25) is 5.43 Å². The summed E-state index contributed by atoms with van der Waals surface area (Å²) in [5, 5.41) is 7.63. The number of benzene rings is 1. The van der Waals surface area contributed by atoms with Crippen LogP contribution in [0.25, 0.3) is 5.69 Å². The van der Waals surface area contributed by atoms with Gasteiger partial charge in [0.25, 0.3) is 0 Å². The minimum Gasteiger partial charge on any atom is -0.358 e. The van der Waals surface area contributed by atoms with Crippen LogP contribution in [0.5, 0.6) is 0 Å². The fraction of sp³-hybridized carbons (Fsp3) is 0.176. The van der Waals surface area contributed by atoms with Crippen LogP contribution in [-0.4, -0.2) is 22.4 Å². The standard InChI is InChI=1S/C17H19IN4S/c1-4-9-19-17(23)21-20-11-14-10-12(2)22(13(14)3)16-7-5-15(18)6-8-16/h4-8,10-11H,1,9H2,2-3H3,(H2,19,21,23). The minimum atomic E-state index is 0.479. The predicted octanol–water partition coefficient (Wildman–Crippen LogP) is 3.68. The third-order valence-electron chi connectivity index (χ3n) is 3.33. The van der Waals surface area contributed by atoms with Crippen LogP contribution in [0.1, 0.15) is 17.0 Å². The van der Waals surface area contributed by atoms with Gasteiger partial charge >= 0.3 is 0 Å². The van der Waals surface area contributed by atoms with Gasteiger partial charge in [0.2, 0.25) is 0 Å². The Hall–Kier alpha value is -1.67. The normalized spacial score (nSPS) is 10.7. The molecule has 120 valence electrons. The molecular weight excluding hydrogens is 419 g/mol. The van der Waals surface area contributed by atoms with Gasteiger partial charge in [-0.05, 0) is 79.0 Å². The summed E-state index contributed by atoms with van der Waals surface area (Å²) < 4.78 is 3.44. The number of aromatic nitrogens is 1. The first-order valence-corrected chi connectivity index (χ1v) is 8.64. The van der Waals surface area contributed by atoms with Gasteiger partial charge in [-0.25, -0.2) is 0 Å². The van der Waals surface area contributed by atoms with E-state index in [2.05, 4.69) is 93.8 Å². The molecule has 23 heavy (non-hydrogen) atoms. The zero-order chi connectivity index (χ0) is 16.8. The summed E-state index contributed by atoms with van der Waals surface area (Å²) in [6.07, 6.45) is 3.53. The van der Waals surface area contributed by atoms with Gasteiger partial charge in [0.1, 0.15) is 0 Å². The van der Waals surface area contributed by atoms with Gasteiger partial charge in [-0.1, -0.05) is 6.08 Å². The van der Waals surface area contributed by atoms with Crippen LogP contribution in [0.4, 0.5) is 0 Å². The van der Waals surface area contributed by atoms with E-state index in [4.69, 9.17) is 12.2 Å². The molecule has 1 heterocycles. The molecule has 2 rings (SSSR count). The number of hydrogen-bond acceptors (Lipinski definition) is 2. The maximum atomic E-state index is 5.10. The summed E-state index contributed by atoms with van der Waals surface area (Å²) in [5.41, 5.74) is 7.31. The van der Waals surface area contributed by atoms with Crippen molar-refractivity contribution in [3.05, 3.63) is 63.5 Å². The summed E-state index contributed by atoms with van der Waals surface area (Å²) in [5.74, 6) is 0. The van der Waals surface area contributed by atoms with E-state index in [1.54, 1.807) is 12.3 Å². The number of aryl methyl sites for hydroxylation is 1. The molecule has 4 nitrogen and oxygen atoms in total. The van der Waals surface area contributed by atoms with E-state index >= 15 is 0 Å². The average Bonchev–Trinajstić information content (AvgIpc) is 2.81. The van der Waals surface area contributed by atoms with E-state index in [1.807, 2.05) is 0 Å². The van der Waals surface area contributed by atoms with Crippen LogP contribution < -0.4 is 10.7 Å². The molecule has 2 N–H and O–H groups in total. The first kappa shape index (κ1) is 17.7. The fourth-order valence-corrected chi connectivity index (χ4v) is 2.77. The van der Waals surface area contributed by atoms with E-state index in [0.29, 0.717) is 11.7 Å². The highest BCUT2D eigenvalue weighted by molar-refractivity contribution is 14.1. The van der Waals surface area contributed by atoms with Gasteiger partial charge in [-0.15, -0.1) is 6.58 Å². The first-order chi connectivity index (χ1) is 11.0. The smallest absolute Gasteiger partial charge is 0.187 e. The molecule has 0 saturated heterocycles. The molecule has 0 amide bonds. The van der Waals surface area contributed by atoms with Crippen molar-refractivity contribution in [3.8, 4) is 5.69 Å². The molecule has 6 heteroatoms. The zero-order valence-corrected chi connectivity index (χ0v) is 16.1. The number of nitrogens with zero attached hydrogens (tertiary/aromatic N) is 2. The van der Waals surface area contributed by atoms with E-state index in [0.717, 1.165) is 22.6 Å². The molecule has 0 spiro atoms. The molecule has 0 bridgehead atoms. The lowest BCUT2D eigenvalue weighted by Crippen LogP contribution is -2.31. The molecule has 0 unspecified atom stereocenters. The Morgan fingerprint density at radius 3 is 2.70 bits per heavy atom. The van der Waals surface area contributed by atoms with Crippen LogP contribution in [0, 0.1) is 17.4 Å². The lowest BCUT2D eigenvalue weighted by molar-refractivity contribution is 0.940. The van der Waals surface area contributed by atoms with Gasteiger partial charge < -0.3 is 9.88 Å². The van der Waals surface area contributed by atoms with Crippen molar-refractivity contribution in [1.82, 2.24) is 15.3 Å². The van der Waals surface area contributed by atoms with E-state index in [-0.39, 0.29) is 0 Å². The van der Waals surface area contributed by atoms with Crippen molar-refractivity contribution in [2.75, 3.05) is 6.54 Å². The van der Waals surface area contributed by atoms with Gasteiger partial charge in [0.05, 0.1) is 6.21 Å². The predicted molar refractivity (Wildman–Crippen MR) is 109 cm³/mol. The molecule has 2 aromatic rings. The first-order valence-electron chi connectivity index (χ1n) is 7.15. The molecular formula is C17H19IN4S. The number of hydrogen-bond donors (Lipinski definition) is 2. The highest BCUT2D eigenvalue weighted by atomic mass is 127. The largest absolute Gasteiger partial charge is 0.358 e. The zero-order valence-electron chi connectivity index (χ0n) is 13.1. The number of thiocarbonyl (C=S) groups is 1. The SMILES string of the molecule is C=CCNC(=S)NN=Cc1cc(C)n(-c2ccc(I)cc2)c1C. The maximum Gasteiger partial charge on any atom is 0.187 e. The highest BCUT2D eigenvalue weighted by Gasteiger charge is 2.09. The molecule has 0 fully saturated rings. The average molecular weight is 438 g/mol. The second-order valence-corrected chi connectivity index (χ2v) is 6.66. The van der Waals surface area contributed by atoms with Crippen molar-refractivity contribution < 1.29 is 0 Å². The van der Waals surface area contributed by atoms with E-state index < -0.39 is 0 Å². The third-order valence-corrected chi connectivity index (χ3v) is 4.29. The van der Waals surface area contributed by atoms with Crippen LogP contribution >= 0.6 is 34.8 Å². The summed E-state index contributed by atoms with van der Waals surface area (Å²) in [7, 11) is 0. The molecule has 0 aliphatic rings. The van der Waals surface area contributed by atoms with Crippen molar-refractivity contribution in [2.45, 2.75) is 13.8 Å². The second-order valence-electron chi connectivity index (χ2n) is 5.01. The van der Waals surface area contributed by atoms with Gasteiger partial charge in [0.15, 0.2) is 5.11 Å². The topological polar surface area (TPSA) is 41.4 Å². The molecule has 0 aliphatic heterocycles. The van der Waals surface area contributed by atoms with Crippen molar-refractivity contribution in [2.24, 2.45) is 5.10 Å². The van der Waals surface area contributed by atoms with Crippen LogP contribution in [0.2, 0.25) is 0 Å². The molecule has 0 radical (unpaired) electrons. The van der Waals surface area contributed by atoms with Crippen LogP contribution in [-0.2, 0) is 0 Å². The molecule has 0 aliphatic carbocycles. The minimum absolute atomic E-state index is 0.479. The summed E-state index contributed by atoms with van der Waals surface area (Å²) in [6.45, 7) is 8.41. The summed E-state index contributed by atoms with van der Waals surface area (Å²) in [4.78, 5) is 0. The Labute approximate surface area is 155 Å². The summed E-state index contributed by atoms with van der Waals surface area (Å²) >= 11 is 7.41.